The van der Waals surface area contributed by atoms with Crippen molar-refractivity contribution in [2.75, 3.05) is 32.4 Å². The van der Waals surface area contributed by atoms with Gasteiger partial charge in [-0.25, -0.2) is 0 Å². The smallest absolute Gasteiger partial charge is 0.234 e. The van der Waals surface area contributed by atoms with E-state index in [0.29, 0.717) is 18.6 Å². The summed E-state index contributed by atoms with van der Waals surface area (Å²) in [6, 6.07) is 1.35. The number of nitrogens with zero attached hydrogens (tertiary/aromatic N) is 1. The second-order valence-electron chi connectivity index (χ2n) is 6.73. The van der Waals surface area contributed by atoms with Gasteiger partial charge in [-0.1, -0.05) is 19.8 Å². The third-order valence-corrected chi connectivity index (χ3v) is 6.15. The van der Waals surface area contributed by atoms with Crippen molar-refractivity contribution in [1.82, 2.24) is 15.5 Å². The number of likely N-dealkylation sites (tertiary alicyclic amines) is 1. The molecule has 0 spiro atoms. The molecule has 1 aliphatic carbocycles. The zero-order valence-electron chi connectivity index (χ0n) is 14.3. The van der Waals surface area contributed by atoms with Crippen molar-refractivity contribution in [3.8, 4) is 0 Å². The van der Waals surface area contributed by atoms with E-state index in [9.17, 15) is 4.79 Å². The average Bonchev–Trinajstić information content (AvgIpc) is 2.55. The molecule has 0 aromatic rings. The highest BCUT2D eigenvalue weighted by atomic mass is 32.2. The molecular weight excluding hydrogens is 294 g/mol. The van der Waals surface area contributed by atoms with Crippen molar-refractivity contribution < 1.29 is 4.79 Å². The fraction of sp³-hybridized carbons (Fsp3) is 0.941. The first kappa shape index (κ1) is 18.1. The molecule has 2 aliphatic rings. The lowest BCUT2D eigenvalue weighted by molar-refractivity contribution is -0.122. The van der Waals surface area contributed by atoms with Crippen molar-refractivity contribution in [3.05, 3.63) is 0 Å². The maximum absolute atomic E-state index is 11.8. The van der Waals surface area contributed by atoms with E-state index in [2.05, 4.69) is 28.7 Å². The molecule has 2 atom stereocenters. The number of thioether (sulfide) groups is 1. The fourth-order valence-corrected chi connectivity index (χ4v) is 4.60. The lowest BCUT2D eigenvalue weighted by atomic mass is 9.93. The molecule has 1 saturated carbocycles. The van der Waals surface area contributed by atoms with Gasteiger partial charge in [-0.2, -0.15) is 11.8 Å². The molecule has 2 N–H and O–H groups in total. The number of carbonyl (C=O) groups excluding carboxylic acids is 1. The zero-order chi connectivity index (χ0) is 15.8. The first-order valence-corrected chi connectivity index (χ1v) is 10.3. The molecule has 5 heteroatoms. The number of carbonyl (C=O) groups is 1. The molecule has 1 aliphatic heterocycles. The van der Waals surface area contributed by atoms with E-state index in [1.54, 1.807) is 0 Å². The Balaban J connectivity index is 1.67. The quantitative estimate of drug-likeness (QED) is 0.753. The summed E-state index contributed by atoms with van der Waals surface area (Å²) in [5.74, 6) is 0.183. The SMILES string of the molecule is CCCNC(=O)CN1CCC(N[C@H]2CCCC[C@@H]2SC)CC1. The first-order chi connectivity index (χ1) is 10.7. The summed E-state index contributed by atoms with van der Waals surface area (Å²) < 4.78 is 0. The van der Waals surface area contributed by atoms with E-state index >= 15 is 0 Å². The van der Waals surface area contributed by atoms with Crippen LogP contribution in [-0.2, 0) is 4.79 Å². The molecule has 0 aromatic heterocycles. The van der Waals surface area contributed by atoms with Crippen LogP contribution in [0.5, 0.6) is 0 Å². The highest BCUT2D eigenvalue weighted by Crippen LogP contribution is 2.28. The van der Waals surface area contributed by atoms with Gasteiger partial charge in [0.15, 0.2) is 0 Å². The predicted molar refractivity (Wildman–Crippen MR) is 95.5 cm³/mol. The largest absolute Gasteiger partial charge is 0.355 e. The molecule has 1 saturated heterocycles. The van der Waals surface area contributed by atoms with Crippen LogP contribution in [0.3, 0.4) is 0 Å². The minimum Gasteiger partial charge on any atom is -0.355 e. The van der Waals surface area contributed by atoms with Gasteiger partial charge in [-0.3, -0.25) is 9.69 Å². The van der Waals surface area contributed by atoms with Gasteiger partial charge in [-0.05, 0) is 38.4 Å². The van der Waals surface area contributed by atoms with Crippen molar-refractivity contribution in [2.45, 2.75) is 69.2 Å². The lowest BCUT2D eigenvalue weighted by Gasteiger charge is -2.38. The molecule has 4 nitrogen and oxygen atoms in total. The molecule has 1 heterocycles. The zero-order valence-corrected chi connectivity index (χ0v) is 15.1. The van der Waals surface area contributed by atoms with Crippen molar-refractivity contribution in [1.29, 1.82) is 0 Å². The third kappa shape index (κ3) is 5.74. The van der Waals surface area contributed by atoms with E-state index in [0.717, 1.165) is 31.3 Å². The second-order valence-corrected chi connectivity index (χ2v) is 7.81. The highest BCUT2D eigenvalue weighted by molar-refractivity contribution is 7.99. The molecule has 0 unspecified atom stereocenters. The normalized spacial score (nSPS) is 27.7. The summed E-state index contributed by atoms with van der Waals surface area (Å²) in [5.41, 5.74) is 0. The number of rotatable bonds is 7. The molecule has 0 radical (unpaired) electrons. The summed E-state index contributed by atoms with van der Waals surface area (Å²) >= 11 is 2.03. The van der Waals surface area contributed by atoms with E-state index in [4.69, 9.17) is 0 Å². The van der Waals surface area contributed by atoms with E-state index < -0.39 is 0 Å². The Labute approximate surface area is 140 Å². The van der Waals surface area contributed by atoms with Gasteiger partial charge in [0, 0.05) is 37.0 Å². The van der Waals surface area contributed by atoms with Crippen LogP contribution in [0.15, 0.2) is 0 Å². The van der Waals surface area contributed by atoms with Gasteiger partial charge in [0.2, 0.25) is 5.91 Å². The molecule has 0 aromatic carbocycles. The van der Waals surface area contributed by atoms with Gasteiger partial charge in [0.05, 0.1) is 6.54 Å². The van der Waals surface area contributed by atoms with Crippen molar-refractivity contribution >= 4 is 17.7 Å². The second kappa shape index (κ2) is 9.78. The van der Waals surface area contributed by atoms with E-state index in [1.807, 2.05) is 11.8 Å². The van der Waals surface area contributed by atoms with Crippen LogP contribution in [-0.4, -0.2) is 60.6 Å². The Morgan fingerprint density at radius 2 is 1.91 bits per heavy atom. The molecular formula is C17H33N3OS. The van der Waals surface area contributed by atoms with Crippen LogP contribution in [0.1, 0.15) is 51.9 Å². The van der Waals surface area contributed by atoms with Gasteiger partial charge in [0.1, 0.15) is 0 Å². The molecule has 0 bridgehead atoms. The Morgan fingerprint density at radius 3 is 2.59 bits per heavy atom. The maximum atomic E-state index is 11.8. The monoisotopic (exact) mass is 327 g/mol. The van der Waals surface area contributed by atoms with E-state index in [-0.39, 0.29) is 5.91 Å². The van der Waals surface area contributed by atoms with Gasteiger partial charge in [-0.15, -0.1) is 0 Å². The Hall–Kier alpha value is -0.260. The van der Waals surface area contributed by atoms with Crippen LogP contribution >= 0.6 is 11.8 Å². The Bertz CT molecular complexity index is 332. The molecule has 2 fully saturated rings. The van der Waals surface area contributed by atoms with Crippen LogP contribution < -0.4 is 10.6 Å². The topological polar surface area (TPSA) is 44.4 Å². The number of amides is 1. The summed E-state index contributed by atoms with van der Waals surface area (Å²) in [6.45, 7) is 5.56. The average molecular weight is 328 g/mol. The fourth-order valence-electron chi connectivity index (χ4n) is 3.65. The minimum atomic E-state index is 0.183. The van der Waals surface area contributed by atoms with Gasteiger partial charge < -0.3 is 10.6 Å². The number of hydrogen-bond donors (Lipinski definition) is 2. The number of piperidine rings is 1. The first-order valence-electron chi connectivity index (χ1n) is 9.00. The van der Waals surface area contributed by atoms with Gasteiger partial charge >= 0.3 is 0 Å². The summed E-state index contributed by atoms with van der Waals surface area (Å²) in [5, 5.41) is 7.69. The number of nitrogens with one attached hydrogen (secondary N) is 2. The summed E-state index contributed by atoms with van der Waals surface area (Å²) in [7, 11) is 0. The Kier molecular flexibility index (Phi) is 8.04. The predicted octanol–water partition coefficient (Wildman–Crippen LogP) is 2.24. The van der Waals surface area contributed by atoms with Crippen molar-refractivity contribution in [2.24, 2.45) is 0 Å². The van der Waals surface area contributed by atoms with Crippen LogP contribution in [0.2, 0.25) is 0 Å². The molecule has 22 heavy (non-hydrogen) atoms. The van der Waals surface area contributed by atoms with Crippen LogP contribution in [0.4, 0.5) is 0 Å². The lowest BCUT2D eigenvalue weighted by Crippen LogP contribution is -2.51. The number of hydrogen-bond acceptors (Lipinski definition) is 4. The summed E-state index contributed by atoms with van der Waals surface area (Å²) in [4.78, 5) is 14.1. The molecule has 1 amide bonds. The van der Waals surface area contributed by atoms with Gasteiger partial charge in [0.25, 0.3) is 0 Å². The maximum Gasteiger partial charge on any atom is 0.234 e. The summed E-state index contributed by atoms with van der Waals surface area (Å²) in [6.07, 6.45) is 11.1. The van der Waals surface area contributed by atoms with E-state index in [1.165, 1.54) is 38.5 Å². The molecule has 128 valence electrons. The third-order valence-electron chi connectivity index (χ3n) is 4.98. The molecule has 2 rings (SSSR count). The highest BCUT2D eigenvalue weighted by Gasteiger charge is 2.28. The standard InChI is InChI=1S/C17H33N3OS/c1-3-10-18-17(21)13-20-11-8-14(9-12-20)19-15-6-4-5-7-16(15)22-2/h14-16,19H,3-13H2,1-2H3,(H,18,21)/t15-,16-/m0/s1. The van der Waals surface area contributed by atoms with Crippen LogP contribution in [0, 0.1) is 0 Å². The van der Waals surface area contributed by atoms with Crippen molar-refractivity contribution in [3.63, 3.8) is 0 Å². The minimum absolute atomic E-state index is 0.183. The Morgan fingerprint density at radius 1 is 1.18 bits per heavy atom. The van der Waals surface area contributed by atoms with Crippen LogP contribution in [0.25, 0.3) is 0 Å².